The average molecular weight is 395 g/mol. The summed E-state index contributed by atoms with van der Waals surface area (Å²) < 4.78 is 0. The Kier molecular flexibility index (Phi) is 5.52. The van der Waals surface area contributed by atoms with Crippen LogP contribution in [0.2, 0.25) is 0 Å². The number of hydrogen-bond acceptors (Lipinski definition) is 1. The van der Waals surface area contributed by atoms with E-state index < -0.39 is 0 Å². The molecule has 2 saturated carbocycles. The minimum atomic E-state index is -0.143. The number of hydrogen-bond donors (Lipinski definition) is 1. The van der Waals surface area contributed by atoms with Crippen molar-refractivity contribution in [1.29, 1.82) is 0 Å². The van der Waals surface area contributed by atoms with Crippen LogP contribution in [0.25, 0.3) is 0 Å². The predicted molar refractivity (Wildman–Crippen MR) is 123 cm³/mol. The third-order valence-corrected chi connectivity index (χ3v) is 9.45. The monoisotopic (exact) mass is 394 g/mol. The molecular weight excluding hydrogens is 352 g/mol. The maximum absolute atomic E-state index is 10.2. The second kappa shape index (κ2) is 7.56. The topological polar surface area (TPSA) is 20.2 Å². The number of fused-ring (bicyclic) bond motifs is 5. The van der Waals surface area contributed by atoms with E-state index in [0.717, 1.165) is 25.2 Å². The van der Waals surface area contributed by atoms with Crippen molar-refractivity contribution in [3.8, 4) is 0 Å². The molecule has 2 fully saturated rings. The minimum Gasteiger partial charge on any atom is -0.393 e. The van der Waals surface area contributed by atoms with Gasteiger partial charge in [-0.3, -0.25) is 0 Å². The van der Waals surface area contributed by atoms with Crippen LogP contribution < -0.4 is 0 Å². The van der Waals surface area contributed by atoms with Gasteiger partial charge in [-0.2, -0.15) is 0 Å². The molecule has 4 rings (SSSR count). The van der Waals surface area contributed by atoms with Crippen molar-refractivity contribution >= 4 is 0 Å². The lowest BCUT2D eigenvalue weighted by molar-refractivity contribution is 0.113. The van der Waals surface area contributed by atoms with E-state index in [1.165, 1.54) is 24.8 Å². The molecule has 0 spiro atoms. The highest BCUT2D eigenvalue weighted by atomic mass is 16.3. The van der Waals surface area contributed by atoms with E-state index in [4.69, 9.17) is 0 Å². The molecule has 0 aromatic rings. The van der Waals surface area contributed by atoms with Crippen molar-refractivity contribution in [2.75, 3.05) is 0 Å². The van der Waals surface area contributed by atoms with Gasteiger partial charge in [0.05, 0.1) is 6.10 Å². The van der Waals surface area contributed by atoms with Crippen LogP contribution in [0, 0.1) is 40.4 Å². The van der Waals surface area contributed by atoms with Gasteiger partial charge in [-0.05, 0) is 84.7 Å². The van der Waals surface area contributed by atoms with E-state index in [2.05, 4.69) is 71.9 Å². The molecule has 0 aromatic heterocycles. The number of aliphatic hydroxyl groups is 1. The van der Waals surface area contributed by atoms with Crippen molar-refractivity contribution in [3.05, 3.63) is 47.1 Å². The Bertz CT molecular complexity index is 765. The van der Waals surface area contributed by atoms with Crippen LogP contribution in [0.1, 0.15) is 80.1 Å². The van der Waals surface area contributed by atoms with E-state index in [1.54, 1.807) is 11.1 Å². The summed E-state index contributed by atoms with van der Waals surface area (Å²) in [6, 6.07) is 0. The fourth-order valence-electron chi connectivity index (χ4n) is 6.96. The van der Waals surface area contributed by atoms with E-state index in [1.807, 2.05) is 0 Å². The summed E-state index contributed by atoms with van der Waals surface area (Å²) >= 11 is 0. The minimum absolute atomic E-state index is 0.143. The summed E-state index contributed by atoms with van der Waals surface area (Å²) in [7, 11) is 0. The molecule has 0 heterocycles. The molecule has 4 aliphatic rings. The van der Waals surface area contributed by atoms with Crippen LogP contribution in [0.4, 0.5) is 0 Å². The molecule has 0 radical (unpaired) electrons. The molecule has 160 valence electrons. The fraction of sp³-hybridized carbons (Fsp3) is 0.714. The highest BCUT2D eigenvalue weighted by Gasteiger charge is 2.53. The van der Waals surface area contributed by atoms with E-state index >= 15 is 0 Å². The molecule has 0 saturated heterocycles. The van der Waals surface area contributed by atoms with E-state index in [0.29, 0.717) is 29.1 Å². The molecule has 0 aliphatic heterocycles. The Morgan fingerprint density at radius 2 is 1.79 bits per heavy atom. The summed E-state index contributed by atoms with van der Waals surface area (Å²) in [5.74, 6) is 3.50. The first-order valence-corrected chi connectivity index (χ1v) is 12.2. The molecule has 0 amide bonds. The van der Waals surface area contributed by atoms with Crippen LogP contribution in [-0.2, 0) is 0 Å². The lowest BCUT2D eigenvalue weighted by atomic mass is 9.54. The van der Waals surface area contributed by atoms with Crippen molar-refractivity contribution in [3.63, 3.8) is 0 Å². The second-order valence-corrected chi connectivity index (χ2v) is 11.5. The fourth-order valence-corrected chi connectivity index (χ4v) is 6.96. The standard InChI is InChI=1S/C28H42O/c1-18(2)19(3)7-8-20(4)24-11-12-25-23-10-9-21-17-22(29)13-15-27(21,5)26(23)14-16-28(24,25)6/h7-10,14,18-20,22,24-25,29H,11-13,15-17H2,1-6H3/b8-7+/t19-,20?,22-,24?,25?,27-,28+/m0/s1. The largest absolute Gasteiger partial charge is 0.393 e. The molecule has 4 aliphatic carbocycles. The van der Waals surface area contributed by atoms with Gasteiger partial charge in [0.15, 0.2) is 0 Å². The van der Waals surface area contributed by atoms with Crippen molar-refractivity contribution in [2.45, 2.75) is 86.2 Å². The Balaban J connectivity index is 1.60. The summed E-state index contributed by atoms with van der Waals surface area (Å²) in [4.78, 5) is 0. The first kappa shape index (κ1) is 21.2. The summed E-state index contributed by atoms with van der Waals surface area (Å²) in [5.41, 5.74) is 5.26. The Hall–Kier alpha value is -1.08. The molecule has 0 bridgehead atoms. The van der Waals surface area contributed by atoms with Crippen molar-refractivity contribution < 1.29 is 5.11 Å². The van der Waals surface area contributed by atoms with Gasteiger partial charge in [-0.25, -0.2) is 0 Å². The average Bonchev–Trinajstić information content (AvgIpc) is 3.03. The summed E-state index contributed by atoms with van der Waals surface area (Å²) in [5, 5.41) is 10.2. The molecule has 1 nitrogen and oxygen atoms in total. The number of aliphatic hydroxyl groups excluding tert-OH is 1. The van der Waals surface area contributed by atoms with E-state index in [9.17, 15) is 5.11 Å². The number of allylic oxidation sites excluding steroid dienone is 7. The zero-order valence-corrected chi connectivity index (χ0v) is 19.5. The molecular formula is C28H42O. The molecule has 0 aromatic carbocycles. The summed E-state index contributed by atoms with van der Waals surface area (Å²) in [6.07, 6.45) is 19.1. The first-order chi connectivity index (χ1) is 13.7. The van der Waals surface area contributed by atoms with Gasteiger partial charge in [-0.15, -0.1) is 0 Å². The van der Waals surface area contributed by atoms with Crippen LogP contribution in [0.3, 0.4) is 0 Å². The quantitative estimate of drug-likeness (QED) is 0.498. The van der Waals surface area contributed by atoms with Crippen LogP contribution >= 0.6 is 0 Å². The maximum Gasteiger partial charge on any atom is 0.0578 e. The number of rotatable bonds is 4. The van der Waals surface area contributed by atoms with E-state index in [-0.39, 0.29) is 11.5 Å². The lowest BCUT2D eigenvalue weighted by Gasteiger charge is -2.50. The van der Waals surface area contributed by atoms with Gasteiger partial charge in [0, 0.05) is 5.41 Å². The van der Waals surface area contributed by atoms with Gasteiger partial charge in [0.1, 0.15) is 0 Å². The van der Waals surface area contributed by atoms with Gasteiger partial charge in [0.2, 0.25) is 0 Å². The maximum atomic E-state index is 10.2. The predicted octanol–water partition coefficient (Wildman–Crippen LogP) is 7.25. The van der Waals surface area contributed by atoms with Gasteiger partial charge >= 0.3 is 0 Å². The van der Waals surface area contributed by atoms with Crippen LogP contribution in [-0.4, -0.2) is 11.2 Å². The third-order valence-electron chi connectivity index (χ3n) is 9.45. The lowest BCUT2D eigenvalue weighted by Crippen LogP contribution is -2.41. The van der Waals surface area contributed by atoms with Crippen LogP contribution in [0.15, 0.2) is 47.1 Å². The van der Waals surface area contributed by atoms with Crippen molar-refractivity contribution in [1.82, 2.24) is 0 Å². The molecule has 1 N–H and O–H groups in total. The zero-order valence-electron chi connectivity index (χ0n) is 19.5. The first-order valence-electron chi connectivity index (χ1n) is 12.2. The molecule has 7 atom stereocenters. The second-order valence-electron chi connectivity index (χ2n) is 11.5. The summed E-state index contributed by atoms with van der Waals surface area (Å²) in [6.45, 7) is 14.5. The van der Waals surface area contributed by atoms with Gasteiger partial charge in [0.25, 0.3) is 0 Å². The molecule has 1 heteroatoms. The highest BCUT2D eigenvalue weighted by molar-refractivity contribution is 5.53. The van der Waals surface area contributed by atoms with Gasteiger partial charge in [-0.1, -0.05) is 77.5 Å². The Labute approximate surface area is 179 Å². The Morgan fingerprint density at radius 3 is 2.52 bits per heavy atom. The zero-order chi connectivity index (χ0) is 21.0. The van der Waals surface area contributed by atoms with Crippen molar-refractivity contribution in [2.24, 2.45) is 40.4 Å². The third kappa shape index (κ3) is 3.42. The van der Waals surface area contributed by atoms with Gasteiger partial charge < -0.3 is 5.11 Å². The Morgan fingerprint density at radius 1 is 1.03 bits per heavy atom. The molecule has 29 heavy (non-hydrogen) atoms. The SMILES string of the molecule is CC(/C=C/[C@H](C)C(C)C)C1CCC2C3=CC=C4C[C@@H](O)CC[C@]4(C)C3=CC[C@@]21C. The smallest absolute Gasteiger partial charge is 0.0578 e. The highest BCUT2D eigenvalue weighted by Crippen LogP contribution is 2.63. The molecule has 3 unspecified atom stereocenters. The van der Waals surface area contributed by atoms with Crippen LogP contribution in [0.5, 0.6) is 0 Å². The normalized spacial score (nSPS) is 41.2.